The van der Waals surface area contributed by atoms with Crippen LogP contribution in [0.15, 0.2) is 36.4 Å². The molecule has 0 heterocycles. The number of anilines is 1. The van der Waals surface area contributed by atoms with Gasteiger partial charge in [-0.3, -0.25) is 4.79 Å². The van der Waals surface area contributed by atoms with Crippen molar-refractivity contribution in [1.29, 1.82) is 0 Å². The number of carbonyl (C=O) groups excluding carboxylic acids is 2. The first-order valence-corrected chi connectivity index (χ1v) is 8.25. The fourth-order valence-corrected chi connectivity index (χ4v) is 2.66. The van der Waals surface area contributed by atoms with Crippen LogP contribution in [0.4, 0.5) is 5.69 Å². The first-order valence-electron chi connectivity index (χ1n) is 7.11. The number of methoxy groups -OCH3 is 1. The molecule has 1 unspecified atom stereocenters. The molecule has 2 aromatic rings. The number of halogens is 3. The molecule has 1 amide bonds. The summed E-state index contributed by atoms with van der Waals surface area (Å²) in [5.74, 6) is -0.829. The lowest BCUT2D eigenvalue weighted by molar-refractivity contribution is -0.123. The van der Waals surface area contributed by atoms with Crippen molar-refractivity contribution in [1.82, 2.24) is 0 Å². The van der Waals surface area contributed by atoms with Gasteiger partial charge in [-0.25, -0.2) is 4.79 Å². The lowest BCUT2D eigenvalue weighted by Crippen LogP contribution is -2.30. The zero-order valence-electron chi connectivity index (χ0n) is 13.3. The molecule has 25 heavy (non-hydrogen) atoms. The number of hydrogen-bond donors (Lipinski definition) is 1. The van der Waals surface area contributed by atoms with Crippen LogP contribution in [0.3, 0.4) is 0 Å². The minimum atomic E-state index is -1.06. The molecule has 0 fully saturated rings. The predicted molar refractivity (Wildman–Crippen MR) is 98.0 cm³/mol. The second-order valence-electron chi connectivity index (χ2n) is 5.04. The van der Waals surface area contributed by atoms with Crippen LogP contribution in [0.5, 0.6) is 5.75 Å². The van der Waals surface area contributed by atoms with E-state index in [1.54, 1.807) is 12.1 Å². The fraction of sp³-hybridized carbons (Fsp3) is 0.176. The summed E-state index contributed by atoms with van der Waals surface area (Å²) >= 11 is 17.6. The molecule has 0 aromatic heterocycles. The largest absolute Gasteiger partial charge is 0.495 e. The van der Waals surface area contributed by atoms with E-state index in [0.717, 1.165) is 0 Å². The van der Waals surface area contributed by atoms with Gasteiger partial charge in [-0.15, -0.1) is 0 Å². The molecule has 8 heteroatoms. The van der Waals surface area contributed by atoms with Gasteiger partial charge in [0, 0.05) is 15.1 Å². The molecule has 2 rings (SSSR count). The molecule has 1 atom stereocenters. The third kappa shape index (κ3) is 5.26. The molecule has 5 nitrogen and oxygen atoms in total. The van der Waals surface area contributed by atoms with Gasteiger partial charge in [0.1, 0.15) is 5.75 Å². The highest BCUT2D eigenvalue weighted by Crippen LogP contribution is 2.28. The van der Waals surface area contributed by atoms with Crippen molar-refractivity contribution >= 4 is 52.4 Å². The summed E-state index contributed by atoms with van der Waals surface area (Å²) in [4.78, 5) is 24.4. The molecule has 0 saturated heterocycles. The molecule has 1 N–H and O–H groups in total. The Hall–Kier alpha value is -1.95. The summed E-state index contributed by atoms with van der Waals surface area (Å²) in [6, 6.07) is 9.07. The molecular weight excluding hydrogens is 389 g/mol. The van der Waals surface area contributed by atoms with Crippen molar-refractivity contribution in [3.05, 3.63) is 57.0 Å². The maximum absolute atomic E-state index is 12.3. The van der Waals surface area contributed by atoms with Gasteiger partial charge >= 0.3 is 5.97 Å². The molecule has 0 saturated carbocycles. The van der Waals surface area contributed by atoms with Crippen LogP contribution in [0.2, 0.25) is 15.1 Å². The minimum absolute atomic E-state index is 0.150. The van der Waals surface area contributed by atoms with Gasteiger partial charge in [-0.1, -0.05) is 34.8 Å². The van der Waals surface area contributed by atoms with Gasteiger partial charge in [0.15, 0.2) is 6.10 Å². The van der Waals surface area contributed by atoms with E-state index < -0.39 is 18.0 Å². The summed E-state index contributed by atoms with van der Waals surface area (Å²) in [6.07, 6.45) is -1.06. The molecule has 0 radical (unpaired) electrons. The standard InChI is InChI=1S/C17H14Cl3NO4/c1-9(25-17(23)10-5-12(19)7-13(20)6-10)16(22)21-14-8-11(18)3-4-15(14)24-2/h3-9H,1-2H3,(H,21,22). The lowest BCUT2D eigenvalue weighted by Gasteiger charge is -2.15. The normalized spacial score (nSPS) is 11.6. The van der Waals surface area contributed by atoms with Crippen LogP contribution >= 0.6 is 34.8 Å². The van der Waals surface area contributed by atoms with E-state index in [1.165, 1.54) is 38.3 Å². The number of benzene rings is 2. The van der Waals surface area contributed by atoms with Crippen LogP contribution in [-0.2, 0) is 9.53 Å². The number of amides is 1. The summed E-state index contributed by atoms with van der Waals surface area (Å²) in [6.45, 7) is 1.44. The Morgan fingerprint density at radius 3 is 2.24 bits per heavy atom. The van der Waals surface area contributed by atoms with Crippen molar-refractivity contribution in [3.8, 4) is 5.75 Å². The van der Waals surface area contributed by atoms with E-state index in [2.05, 4.69) is 5.32 Å². The molecule has 0 spiro atoms. The van der Waals surface area contributed by atoms with Gasteiger partial charge in [0.05, 0.1) is 18.4 Å². The summed E-state index contributed by atoms with van der Waals surface area (Å²) in [7, 11) is 1.46. The first-order chi connectivity index (χ1) is 11.8. The molecule has 0 bridgehead atoms. The minimum Gasteiger partial charge on any atom is -0.495 e. The van der Waals surface area contributed by atoms with Crippen LogP contribution in [0.25, 0.3) is 0 Å². The second kappa shape index (κ2) is 8.43. The van der Waals surface area contributed by atoms with Crippen molar-refractivity contribution < 1.29 is 19.1 Å². The van der Waals surface area contributed by atoms with Gasteiger partial charge in [-0.2, -0.15) is 0 Å². The number of carbonyl (C=O) groups is 2. The average Bonchev–Trinajstić information content (AvgIpc) is 2.54. The second-order valence-corrected chi connectivity index (χ2v) is 6.35. The van der Waals surface area contributed by atoms with Crippen LogP contribution in [-0.4, -0.2) is 25.1 Å². The molecule has 0 aliphatic carbocycles. The Bertz CT molecular complexity index is 790. The van der Waals surface area contributed by atoms with Crippen LogP contribution in [0, 0.1) is 0 Å². The highest BCUT2D eigenvalue weighted by atomic mass is 35.5. The zero-order valence-corrected chi connectivity index (χ0v) is 15.6. The smallest absolute Gasteiger partial charge is 0.339 e. The van der Waals surface area contributed by atoms with E-state index in [4.69, 9.17) is 44.3 Å². The maximum Gasteiger partial charge on any atom is 0.339 e. The molecule has 2 aromatic carbocycles. The monoisotopic (exact) mass is 401 g/mol. The highest BCUT2D eigenvalue weighted by Gasteiger charge is 2.21. The SMILES string of the molecule is COc1ccc(Cl)cc1NC(=O)C(C)OC(=O)c1cc(Cl)cc(Cl)c1. The number of ether oxygens (including phenoxy) is 2. The van der Waals surface area contributed by atoms with Gasteiger partial charge < -0.3 is 14.8 Å². The first kappa shape index (κ1) is 19.4. The van der Waals surface area contributed by atoms with Gasteiger partial charge in [-0.05, 0) is 43.3 Å². The van der Waals surface area contributed by atoms with E-state index in [0.29, 0.717) is 26.5 Å². The quantitative estimate of drug-likeness (QED) is 0.727. The number of hydrogen-bond acceptors (Lipinski definition) is 4. The lowest BCUT2D eigenvalue weighted by atomic mass is 10.2. The van der Waals surface area contributed by atoms with E-state index in [9.17, 15) is 9.59 Å². The van der Waals surface area contributed by atoms with Gasteiger partial charge in [0.25, 0.3) is 5.91 Å². The van der Waals surface area contributed by atoms with Crippen molar-refractivity contribution in [2.45, 2.75) is 13.0 Å². The summed E-state index contributed by atoms with van der Waals surface area (Å²) in [5, 5.41) is 3.61. The van der Waals surface area contributed by atoms with Crippen molar-refractivity contribution in [3.63, 3.8) is 0 Å². The number of nitrogens with one attached hydrogen (secondary N) is 1. The molecule has 132 valence electrons. The van der Waals surface area contributed by atoms with Crippen LogP contribution < -0.4 is 10.1 Å². The maximum atomic E-state index is 12.3. The Morgan fingerprint density at radius 2 is 1.64 bits per heavy atom. The summed E-state index contributed by atoms with van der Waals surface area (Å²) < 4.78 is 10.3. The zero-order chi connectivity index (χ0) is 18.6. The van der Waals surface area contributed by atoms with E-state index >= 15 is 0 Å². The average molecular weight is 403 g/mol. The van der Waals surface area contributed by atoms with Crippen molar-refractivity contribution in [2.24, 2.45) is 0 Å². The Balaban J connectivity index is 2.07. The predicted octanol–water partition coefficient (Wildman–Crippen LogP) is 4.84. The van der Waals surface area contributed by atoms with Crippen LogP contribution in [0.1, 0.15) is 17.3 Å². The highest BCUT2D eigenvalue weighted by molar-refractivity contribution is 6.35. The Kier molecular flexibility index (Phi) is 6.53. The van der Waals surface area contributed by atoms with Crippen molar-refractivity contribution in [2.75, 3.05) is 12.4 Å². The number of rotatable bonds is 5. The third-order valence-corrected chi connectivity index (χ3v) is 3.84. The Labute approximate surface area is 159 Å². The van der Waals surface area contributed by atoms with E-state index in [1.807, 2.05) is 0 Å². The summed E-state index contributed by atoms with van der Waals surface area (Å²) in [5.41, 5.74) is 0.520. The third-order valence-electron chi connectivity index (χ3n) is 3.17. The molecular formula is C17H14Cl3NO4. The molecule has 0 aliphatic heterocycles. The van der Waals surface area contributed by atoms with Gasteiger partial charge in [0.2, 0.25) is 0 Å². The fourth-order valence-electron chi connectivity index (χ4n) is 1.97. The number of esters is 1. The topological polar surface area (TPSA) is 64.6 Å². The Morgan fingerprint density at radius 1 is 1.00 bits per heavy atom. The molecule has 0 aliphatic rings. The van der Waals surface area contributed by atoms with E-state index in [-0.39, 0.29) is 5.56 Å².